The second-order valence-electron chi connectivity index (χ2n) is 8.63. The number of hydrogen-bond acceptors (Lipinski definition) is 4. The number of benzene rings is 2. The second-order valence-corrected chi connectivity index (χ2v) is 8.63. The van der Waals surface area contributed by atoms with Gasteiger partial charge in [0, 0.05) is 31.4 Å². The first-order valence-corrected chi connectivity index (χ1v) is 11.0. The Bertz CT molecular complexity index is 1140. The van der Waals surface area contributed by atoms with Gasteiger partial charge in [-0.1, -0.05) is 24.3 Å². The standard InChI is InChI=1S/C24H28N4O3/c1-17-5-4-6-19(15-17)27-16-20(31-24(27)30)11-14-26-12-9-18(10-13-26)28-22-8-3-2-7-21(22)25-23(28)29/h2-8,15,18,20H,9-14,16H2,1H3,(H,25,29). The van der Waals surface area contributed by atoms with Crippen LogP contribution >= 0.6 is 0 Å². The number of cyclic esters (lactones) is 1. The van der Waals surface area contributed by atoms with E-state index in [1.807, 2.05) is 60.0 Å². The first kappa shape index (κ1) is 19.9. The summed E-state index contributed by atoms with van der Waals surface area (Å²) in [4.78, 5) is 31.9. The average Bonchev–Trinajstić information content (AvgIpc) is 3.31. The van der Waals surface area contributed by atoms with Crippen LogP contribution in [0.3, 0.4) is 0 Å². The van der Waals surface area contributed by atoms with Gasteiger partial charge in [0.2, 0.25) is 0 Å². The van der Waals surface area contributed by atoms with Crippen molar-refractivity contribution in [1.82, 2.24) is 14.5 Å². The summed E-state index contributed by atoms with van der Waals surface area (Å²) in [6.07, 6.45) is 2.38. The number of carbonyl (C=O) groups excluding carboxylic acids is 1. The van der Waals surface area contributed by atoms with Crippen molar-refractivity contribution in [3.63, 3.8) is 0 Å². The minimum atomic E-state index is -0.256. The molecule has 1 atom stereocenters. The number of carbonyl (C=O) groups is 1. The van der Waals surface area contributed by atoms with E-state index >= 15 is 0 Å². The van der Waals surface area contributed by atoms with E-state index in [0.29, 0.717) is 6.54 Å². The van der Waals surface area contributed by atoms with Gasteiger partial charge in [-0.25, -0.2) is 9.59 Å². The Balaban J connectivity index is 1.15. The molecule has 2 aromatic carbocycles. The molecule has 0 aliphatic carbocycles. The molecule has 0 saturated carbocycles. The lowest BCUT2D eigenvalue weighted by atomic mass is 10.0. The number of H-pyrrole nitrogens is 1. The number of hydrogen-bond donors (Lipinski definition) is 1. The van der Waals surface area contributed by atoms with Crippen LogP contribution in [0.2, 0.25) is 0 Å². The number of amides is 1. The molecule has 2 aliphatic rings. The second kappa shape index (κ2) is 8.23. The SMILES string of the molecule is Cc1cccc(N2CC(CCN3CCC(n4c(=O)[nH]c5ccccc54)CC3)OC2=O)c1. The zero-order chi connectivity index (χ0) is 21.4. The highest BCUT2D eigenvalue weighted by Gasteiger charge is 2.33. The molecule has 1 amide bonds. The number of likely N-dealkylation sites (tertiary alicyclic amines) is 1. The van der Waals surface area contributed by atoms with E-state index in [1.165, 1.54) is 0 Å². The lowest BCUT2D eigenvalue weighted by Crippen LogP contribution is -2.38. The fourth-order valence-electron chi connectivity index (χ4n) is 4.84. The monoisotopic (exact) mass is 420 g/mol. The molecular weight excluding hydrogens is 392 g/mol. The lowest BCUT2D eigenvalue weighted by molar-refractivity contribution is 0.117. The molecule has 3 heterocycles. The molecule has 0 spiro atoms. The Labute approximate surface area is 181 Å². The van der Waals surface area contributed by atoms with E-state index in [2.05, 4.69) is 9.88 Å². The Kier molecular flexibility index (Phi) is 5.28. The number of imidazole rings is 1. The van der Waals surface area contributed by atoms with Crippen LogP contribution < -0.4 is 10.6 Å². The number of aromatic nitrogens is 2. The summed E-state index contributed by atoms with van der Waals surface area (Å²) in [5.41, 5.74) is 3.90. The molecule has 7 heteroatoms. The van der Waals surface area contributed by atoms with Crippen molar-refractivity contribution in [2.75, 3.05) is 31.1 Å². The Morgan fingerprint density at radius 3 is 2.68 bits per heavy atom. The first-order chi connectivity index (χ1) is 15.1. The lowest BCUT2D eigenvalue weighted by Gasteiger charge is -2.32. The molecule has 5 rings (SSSR count). The molecule has 2 fully saturated rings. The number of piperidine rings is 1. The summed E-state index contributed by atoms with van der Waals surface area (Å²) in [6.45, 7) is 5.41. The van der Waals surface area contributed by atoms with Crippen molar-refractivity contribution in [1.29, 1.82) is 0 Å². The molecule has 3 aromatic rings. The zero-order valence-electron chi connectivity index (χ0n) is 17.8. The van der Waals surface area contributed by atoms with Gasteiger partial charge in [-0.3, -0.25) is 9.47 Å². The summed E-state index contributed by atoms with van der Waals surface area (Å²) in [5.74, 6) is 0. The first-order valence-electron chi connectivity index (χ1n) is 11.0. The number of nitrogens with zero attached hydrogens (tertiary/aromatic N) is 3. The van der Waals surface area contributed by atoms with Crippen molar-refractivity contribution < 1.29 is 9.53 Å². The van der Waals surface area contributed by atoms with Crippen molar-refractivity contribution in [2.45, 2.75) is 38.3 Å². The number of nitrogens with one attached hydrogen (secondary N) is 1. The van der Waals surface area contributed by atoms with Crippen LogP contribution in [0.15, 0.2) is 53.3 Å². The fourth-order valence-corrected chi connectivity index (χ4v) is 4.84. The zero-order valence-corrected chi connectivity index (χ0v) is 17.8. The van der Waals surface area contributed by atoms with E-state index in [9.17, 15) is 9.59 Å². The Morgan fingerprint density at radius 2 is 1.87 bits per heavy atom. The Hall–Kier alpha value is -3.06. The van der Waals surface area contributed by atoms with Crippen LogP contribution in [-0.4, -0.2) is 52.8 Å². The van der Waals surface area contributed by atoms with Gasteiger partial charge in [0.1, 0.15) is 6.10 Å². The van der Waals surface area contributed by atoms with Gasteiger partial charge < -0.3 is 14.6 Å². The number of ether oxygens (including phenoxy) is 1. The van der Waals surface area contributed by atoms with Crippen molar-refractivity contribution in [3.8, 4) is 0 Å². The van der Waals surface area contributed by atoms with Crippen molar-refractivity contribution in [2.24, 2.45) is 0 Å². The van der Waals surface area contributed by atoms with E-state index in [0.717, 1.165) is 61.2 Å². The molecule has 162 valence electrons. The van der Waals surface area contributed by atoms with Gasteiger partial charge in [0.05, 0.1) is 17.6 Å². The molecule has 2 saturated heterocycles. The third-order valence-electron chi connectivity index (χ3n) is 6.50. The molecule has 7 nitrogen and oxygen atoms in total. The number of rotatable bonds is 5. The molecule has 2 aliphatic heterocycles. The van der Waals surface area contributed by atoms with Crippen LogP contribution in [0.5, 0.6) is 0 Å². The quantitative estimate of drug-likeness (QED) is 0.683. The largest absolute Gasteiger partial charge is 0.444 e. The van der Waals surface area contributed by atoms with Gasteiger partial charge in [0.15, 0.2) is 0 Å². The van der Waals surface area contributed by atoms with Gasteiger partial charge in [0.25, 0.3) is 0 Å². The topological polar surface area (TPSA) is 70.6 Å². The average molecular weight is 421 g/mol. The highest BCUT2D eigenvalue weighted by molar-refractivity contribution is 5.89. The summed E-state index contributed by atoms with van der Waals surface area (Å²) >= 11 is 0. The maximum atomic E-state index is 12.5. The van der Waals surface area contributed by atoms with Crippen LogP contribution in [0.4, 0.5) is 10.5 Å². The van der Waals surface area contributed by atoms with E-state index in [-0.39, 0.29) is 23.9 Å². The molecule has 1 N–H and O–H groups in total. The highest BCUT2D eigenvalue weighted by Crippen LogP contribution is 2.27. The van der Waals surface area contributed by atoms with Crippen LogP contribution in [0.25, 0.3) is 11.0 Å². The predicted octanol–water partition coefficient (Wildman–Crippen LogP) is 3.69. The van der Waals surface area contributed by atoms with Gasteiger partial charge in [-0.2, -0.15) is 0 Å². The normalized spacial score (nSPS) is 20.5. The van der Waals surface area contributed by atoms with Crippen molar-refractivity contribution in [3.05, 3.63) is 64.6 Å². The van der Waals surface area contributed by atoms with Crippen LogP contribution in [0, 0.1) is 6.92 Å². The number of aromatic amines is 1. The molecule has 1 unspecified atom stereocenters. The predicted molar refractivity (Wildman–Crippen MR) is 121 cm³/mol. The summed E-state index contributed by atoms with van der Waals surface area (Å²) < 4.78 is 7.54. The van der Waals surface area contributed by atoms with Crippen LogP contribution in [-0.2, 0) is 4.74 Å². The van der Waals surface area contributed by atoms with Gasteiger partial charge in [-0.15, -0.1) is 0 Å². The minimum Gasteiger partial charge on any atom is -0.444 e. The smallest absolute Gasteiger partial charge is 0.414 e. The number of para-hydroxylation sites is 2. The minimum absolute atomic E-state index is 0.0197. The summed E-state index contributed by atoms with van der Waals surface area (Å²) in [6, 6.07) is 16.1. The van der Waals surface area contributed by atoms with E-state index in [1.54, 1.807) is 4.90 Å². The third kappa shape index (κ3) is 3.97. The molecular formula is C24H28N4O3. The Morgan fingerprint density at radius 1 is 1.06 bits per heavy atom. The van der Waals surface area contributed by atoms with Gasteiger partial charge in [-0.05, 0) is 56.0 Å². The number of fused-ring (bicyclic) bond motifs is 1. The molecule has 0 radical (unpaired) electrons. The molecule has 31 heavy (non-hydrogen) atoms. The van der Waals surface area contributed by atoms with Crippen LogP contribution in [0.1, 0.15) is 30.9 Å². The van der Waals surface area contributed by atoms with Crippen molar-refractivity contribution >= 4 is 22.8 Å². The number of aryl methyl sites for hydroxylation is 1. The van der Waals surface area contributed by atoms with E-state index in [4.69, 9.17) is 4.74 Å². The summed E-state index contributed by atoms with van der Waals surface area (Å²) in [7, 11) is 0. The number of anilines is 1. The third-order valence-corrected chi connectivity index (χ3v) is 6.50. The molecule has 0 bridgehead atoms. The molecule has 1 aromatic heterocycles. The van der Waals surface area contributed by atoms with Gasteiger partial charge >= 0.3 is 11.8 Å². The maximum absolute atomic E-state index is 12.5. The highest BCUT2D eigenvalue weighted by atomic mass is 16.6. The van der Waals surface area contributed by atoms with E-state index < -0.39 is 0 Å². The maximum Gasteiger partial charge on any atom is 0.414 e. The fraction of sp³-hybridized carbons (Fsp3) is 0.417. The summed E-state index contributed by atoms with van der Waals surface area (Å²) in [5, 5.41) is 0.